The van der Waals surface area contributed by atoms with Crippen LogP contribution in [-0.4, -0.2) is 40.0 Å². The molecule has 2 heterocycles. The maximum absolute atomic E-state index is 11.1. The van der Waals surface area contributed by atoms with E-state index in [0.29, 0.717) is 24.0 Å². The Kier molecular flexibility index (Phi) is 5.47. The molecular formula is C22H24ClNO5S. The summed E-state index contributed by atoms with van der Waals surface area (Å²) in [5, 5.41) is 22.8. The van der Waals surface area contributed by atoms with E-state index in [9.17, 15) is 9.90 Å². The number of aliphatic hydroxyl groups is 1. The molecule has 3 aliphatic rings. The van der Waals surface area contributed by atoms with Crippen LogP contribution in [0, 0.1) is 11.8 Å². The highest BCUT2D eigenvalue weighted by molar-refractivity contribution is 7.09. The van der Waals surface area contributed by atoms with Crippen molar-refractivity contribution in [1.82, 2.24) is 4.98 Å². The molecule has 1 aromatic heterocycles. The standard InChI is InChI=1S/C22H24ClNO5S/c23-16-5-3-12(7-14(16)11-1-2-11)28-9-15-13-4-6-19(29-20(13)8-18(15)25)21-24-17(10-30-21)22(26)27/h3,5,7,10-11,13,15,18-20,25H,1-2,4,6,8-9H2,(H,26,27)/t13-,15?,18-,19-,20+/m1/s1. The van der Waals surface area contributed by atoms with E-state index in [4.69, 9.17) is 26.2 Å². The van der Waals surface area contributed by atoms with Gasteiger partial charge in [0, 0.05) is 22.7 Å². The number of aromatic nitrogens is 1. The van der Waals surface area contributed by atoms with Crippen molar-refractivity contribution in [2.24, 2.45) is 11.8 Å². The summed E-state index contributed by atoms with van der Waals surface area (Å²) >= 11 is 7.63. The molecule has 8 heteroatoms. The number of fused-ring (bicyclic) bond motifs is 1. The molecule has 2 aromatic rings. The third-order valence-electron chi connectivity index (χ3n) is 6.54. The van der Waals surface area contributed by atoms with Crippen molar-refractivity contribution < 1.29 is 24.5 Å². The van der Waals surface area contributed by atoms with E-state index < -0.39 is 12.1 Å². The highest BCUT2D eigenvalue weighted by Crippen LogP contribution is 2.47. The van der Waals surface area contributed by atoms with Crippen molar-refractivity contribution in [1.29, 1.82) is 0 Å². The second-order valence-electron chi connectivity index (χ2n) is 8.52. The van der Waals surface area contributed by atoms with Crippen LogP contribution in [0.1, 0.15) is 65.2 Å². The zero-order valence-electron chi connectivity index (χ0n) is 16.4. The van der Waals surface area contributed by atoms with E-state index in [-0.39, 0.29) is 29.7 Å². The predicted molar refractivity (Wildman–Crippen MR) is 112 cm³/mol. The Hall–Kier alpha value is -1.67. The summed E-state index contributed by atoms with van der Waals surface area (Å²) in [6.45, 7) is 0.447. The molecule has 1 unspecified atom stereocenters. The Morgan fingerprint density at radius 2 is 2.13 bits per heavy atom. The van der Waals surface area contributed by atoms with Gasteiger partial charge in [0.15, 0.2) is 5.69 Å². The first-order valence-corrected chi connectivity index (χ1v) is 11.7. The summed E-state index contributed by atoms with van der Waals surface area (Å²) in [5.41, 5.74) is 1.22. The first-order valence-electron chi connectivity index (χ1n) is 10.4. The third kappa shape index (κ3) is 3.96. The van der Waals surface area contributed by atoms with Crippen LogP contribution in [0.15, 0.2) is 23.6 Å². The molecular weight excluding hydrogens is 426 g/mol. The number of ether oxygens (including phenoxy) is 2. The van der Waals surface area contributed by atoms with Crippen LogP contribution in [-0.2, 0) is 4.74 Å². The van der Waals surface area contributed by atoms with Gasteiger partial charge in [0.25, 0.3) is 0 Å². The van der Waals surface area contributed by atoms with Gasteiger partial charge in [0.1, 0.15) is 16.9 Å². The second-order valence-corrected chi connectivity index (χ2v) is 9.81. The number of rotatable bonds is 6. The Morgan fingerprint density at radius 3 is 2.87 bits per heavy atom. The largest absolute Gasteiger partial charge is 0.493 e. The molecule has 0 spiro atoms. The van der Waals surface area contributed by atoms with Crippen LogP contribution in [0.25, 0.3) is 0 Å². The number of hydrogen-bond acceptors (Lipinski definition) is 6. The molecule has 2 N–H and O–H groups in total. The third-order valence-corrected chi connectivity index (χ3v) is 7.82. The molecule has 160 valence electrons. The molecule has 1 aliphatic heterocycles. The Labute approximate surface area is 183 Å². The van der Waals surface area contributed by atoms with Crippen molar-refractivity contribution in [3.63, 3.8) is 0 Å². The van der Waals surface area contributed by atoms with E-state index >= 15 is 0 Å². The minimum absolute atomic E-state index is 0.0156. The average molecular weight is 450 g/mol. The molecule has 0 bridgehead atoms. The van der Waals surface area contributed by atoms with E-state index in [0.717, 1.165) is 29.2 Å². The number of aliphatic hydroxyl groups excluding tert-OH is 1. The monoisotopic (exact) mass is 449 g/mol. The quantitative estimate of drug-likeness (QED) is 0.666. The number of nitrogens with zero attached hydrogens (tertiary/aromatic N) is 1. The van der Waals surface area contributed by atoms with Crippen molar-refractivity contribution in [3.8, 4) is 5.75 Å². The first kappa shape index (κ1) is 20.2. The number of thiazole rings is 1. The number of hydrogen-bond donors (Lipinski definition) is 2. The fraction of sp³-hybridized carbons (Fsp3) is 0.545. The maximum Gasteiger partial charge on any atom is 0.355 e. The fourth-order valence-corrected chi connectivity index (χ4v) is 5.92. The molecule has 5 rings (SSSR count). The lowest BCUT2D eigenvalue weighted by Gasteiger charge is -2.33. The van der Waals surface area contributed by atoms with Gasteiger partial charge >= 0.3 is 5.97 Å². The van der Waals surface area contributed by atoms with Crippen molar-refractivity contribution >= 4 is 28.9 Å². The Morgan fingerprint density at radius 1 is 1.30 bits per heavy atom. The molecule has 0 radical (unpaired) electrons. The summed E-state index contributed by atoms with van der Waals surface area (Å²) in [4.78, 5) is 15.3. The number of carbonyl (C=O) groups is 1. The normalized spacial score (nSPS) is 30.8. The number of aromatic carboxylic acids is 1. The molecule has 1 saturated heterocycles. The molecule has 2 aliphatic carbocycles. The smallest absolute Gasteiger partial charge is 0.355 e. The van der Waals surface area contributed by atoms with Gasteiger partial charge in [-0.15, -0.1) is 11.3 Å². The molecule has 0 amide bonds. The molecule has 6 nitrogen and oxygen atoms in total. The fourth-order valence-electron chi connectivity index (χ4n) is 4.79. The summed E-state index contributed by atoms with van der Waals surface area (Å²) in [7, 11) is 0. The highest BCUT2D eigenvalue weighted by Gasteiger charge is 2.47. The van der Waals surface area contributed by atoms with Gasteiger partial charge in [0.2, 0.25) is 0 Å². The number of carboxylic acid groups (broad SMARTS) is 1. The molecule has 30 heavy (non-hydrogen) atoms. The van der Waals surface area contributed by atoms with Crippen LogP contribution in [0.4, 0.5) is 0 Å². The molecule has 1 aromatic carbocycles. The van der Waals surface area contributed by atoms with Crippen LogP contribution in [0.3, 0.4) is 0 Å². The van der Waals surface area contributed by atoms with Gasteiger partial charge in [-0.25, -0.2) is 9.78 Å². The average Bonchev–Trinajstić information content (AvgIpc) is 3.35. The Bertz CT molecular complexity index is 945. The lowest BCUT2D eigenvalue weighted by atomic mass is 9.87. The lowest BCUT2D eigenvalue weighted by molar-refractivity contribution is -0.0811. The van der Waals surface area contributed by atoms with Crippen LogP contribution in [0.2, 0.25) is 5.02 Å². The van der Waals surface area contributed by atoms with Gasteiger partial charge < -0.3 is 19.7 Å². The minimum atomic E-state index is -1.02. The van der Waals surface area contributed by atoms with E-state index in [1.807, 2.05) is 18.2 Å². The molecule has 3 fully saturated rings. The SMILES string of the molecule is O=C(O)c1csc([C@H]2CC[C@@H]3C(COc4ccc(Cl)c(C5CC5)c4)[C@H](O)C[C@@H]3O2)n1. The Balaban J connectivity index is 1.22. The first-order chi connectivity index (χ1) is 14.5. The van der Waals surface area contributed by atoms with E-state index in [2.05, 4.69) is 4.98 Å². The zero-order chi connectivity index (χ0) is 20.8. The second kappa shape index (κ2) is 8.11. The summed E-state index contributed by atoms with van der Waals surface area (Å²) in [6.07, 6.45) is 3.87. The maximum atomic E-state index is 11.1. The van der Waals surface area contributed by atoms with E-state index in [1.54, 1.807) is 5.38 Å². The summed E-state index contributed by atoms with van der Waals surface area (Å²) in [6, 6.07) is 5.82. The summed E-state index contributed by atoms with van der Waals surface area (Å²) < 4.78 is 12.3. The highest BCUT2D eigenvalue weighted by atomic mass is 35.5. The number of benzene rings is 1. The van der Waals surface area contributed by atoms with Gasteiger partial charge in [0.05, 0.1) is 18.8 Å². The van der Waals surface area contributed by atoms with Crippen molar-refractivity contribution in [2.45, 2.75) is 56.3 Å². The summed E-state index contributed by atoms with van der Waals surface area (Å²) in [5.74, 6) is 0.577. The van der Waals surface area contributed by atoms with Gasteiger partial charge in [-0.2, -0.15) is 0 Å². The van der Waals surface area contributed by atoms with Crippen molar-refractivity contribution in [2.75, 3.05) is 6.61 Å². The zero-order valence-corrected chi connectivity index (χ0v) is 17.9. The minimum Gasteiger partial charge on any atom is -0.493 e. The van der Waals surface area contributed by atoms with Gasteiger partial charge in [-0.05, 0) is 61.3 Å². The van der Waals surface area contributed by atoms with Crippen LogP contribution >= 0.6 is 22.9 Å². The molecule has 5 atom stereocenters. The topological polar surface area (TPSA) is 88.9 Å². The lowest BCUT2D eigenvalue weighted by Crippen LogP contribution is -2.33. The van der Waals surface area contributed by atoms with Crippen molar-refractivity contribution in [3.05, 3.63) is 44.9 Å². The van der Waals surface area contributed by atoms with Crippen LogP contribution < -0.4 is 4.74 Å². The predicted octanol–water partition coefficient (Wildman–Crippen LogP) is 4.67. The number of carboxylic acids is 1. The van der Waals surface area contributed by atoms with Gasteiger partial charge in [-0.3, -0.25) is 0 Å². The van der Waals surface area contributed by atoms with Gasteiger partial charge in [-0.1, -0.05) is 11.6 Å². The molecule has 2 saturated carbocycles. The number of halogens is 1. The van der Waals surface area contributed by atoms with Crippen LogP contribution in [0.5, 0.6) is 5.75 Å². The van der Waals surface area contributed by atoms with E-state index in [1.165, 1.54) is 24.2 Å².